The van der Waals surface area contributed by atoms with Gasteiger partial charge in [0.1, 0.15) is 5.52 Å². The number of rotatable bonds is 6. The largest absolute Gasteiger partial charge is 0.439 e. The van der Waals surface area contributed by atoms with E-state index in [1.807, 2.05) is 12.1 Å². The van der Waals surface area contributed by atoms with Crippen molar-refractivity contribution in [1.29, 1.82) is 0 Å². The number of hydrogen-bond donors (Lipinski definition) is 1. The van der Waals surface area contributed by atoms with E-state index in [0.29, 0.717) is 30.8 Å². The topological polar surface area (TPSA) is 64.5 Å². The van der Waals surface area contributed by atoms with E-state index in [2.05, 4.69) is 23.7 Å². The second-order valence-corrected chi connectivity index (χ2v) is 4.89. The molecule has 0 fully saturated rings. The van der Waals surface area contributed by atoms with Crippen LogP contribution in [-0.4, -0.2) is 36.2 Å². The van der Waals surface area contributed by atoms with Gasteiger partial charge in [-0.2, -0.15) is 0 Å². The number of nitrogens with two attached hydrogens (primary N) is 1. The number of nitrogen functional groups attached to an aromatic ring is 1. The van der Waals surface area contributed by atoms with Crippen LogP contribution in [0.4, 0.5) is 5.69 Å². The van der Waals surface area contributed by atoms with Gasteiger partial charge in [0, 0.05) is 31.5 Å². The summed E-state index contributed by atoms with van der Waals surface area (Å²) >= 11 is 0. The minimum absolute atomic E-state index is 0.412. The third kappa shape index (κ3) is 3.45. The second kappa shape index (κ2) is 6.04. The van der Waals surface area contributed by atoms with Gasteiger partial charge in [-0.15, -0.1) is 0 Å². The lowest BCUT2D eigenvalue weighted by Crippen LogP contribution is -2.33. The summed E-state index contributed by atoms with van der Waals surface area (Å²) in [7, 11) is 1.71. The summed E-state index contributed by atoms with van der Waals surface area (Å²) in [5.41, 5.74) is 8.01. The van der Waals surface area contributed by atoms with Gasteiger partial charge >= 0.3 is 0 Å². The SMILES string of the molecule is COCCN(Cc1nc2ccc(N)cc2o1)C(C)C. The Kier molecular flexibility index (Phi) is 4.39. The minimum Gasteiger partial charge on any atom is -0.439 e. The lowest BCUT2D eigenvalue weighted by Gasteiger charge is -2.24. The van der Waals surface area contributed by atoms with Gasteiger partial charge in [0.2, 0.25) is 5.89 Å². The summed E-state index contributed by atoms with van der Waals surface area (Å²) in [5.74, 6) is 0.713. The lowest BCUT2D eigenvalue weighted by molar-refractivity contribution is 0.118. The molecule has 0 unspecified atom stereocenters. The van der Waals surface area contributed by atoms with Gasteiger partial charge < -0.3 is 14.9 Å². The summed E-state index contributed by atoms with van der Waals surface area (Å²) in [6, 6.07) is 5.93. The fourth-order valence-corrected chi connectivity index (χ4v) is 1.96. The maximum atomic E-state index is 5.74. The van der Waals surface area contributed by atoms with Gasteiger partial charge in [-0.25, -0.2) is 4.98 Å². The Morgan fingerprint density at radius 2 is 2.21 bits per heavy atom. The van der Waals surface area contributed by atoms with Crippen LogP contribution in [0.3, 0.4) is 0 Å². The minimum atomic E-state index is 0.412. The lowest BCUT2D eigenvalue weighted by atomic mass is 10.3. The maximum Gasteiger partial charge on any atom is 0.209 e. The van der Waals surface area contributed by atoms with Crippen molar-refractivity contribution in [1.82, 2.24) is 9.88 Å². The highest BCUT2D eigenvalue weighted by molar-refractivity contribution is 5.76. The number of hydrogen-bond acceptors (Lipinski definition) is 5. The molecule has 5 nitrogen and oxygen atoms in total. The maximum absolute atomic E-state index is 5.74. The molecule has 19 heavy (non-hydrogen) atoms. The molecule has 2 N–H and O–H groups in total. The first-order valence-electron chi connectivity index (χ1n) is 6.48. The van der Waals surface area contributed by atoms with E-state index in [0.717, 1.165) is 17.6 Å². The van der Waals surface area contributed by atoms with Crippen molar-refractivity contribution in [2.24, 2.45) is 0 Å². The molecule has 2 rings (SSSR count). The van der Waals surface area contributed by atoms with Gasteiger partial charge in [0.25, 0.3) is 0 Å². The molecule has 0 atom stereocenters. The van der Waals surface area contributed by atoms with Crippen molar-refractivity contribution < 1.29 is 9.15 Å². The quantitative estimate of drug-likeness (QED) is 0.810. The highest BCUT2D eigenvalue weighted by Gasteiger charge is 2.14. The zero-order valence-corrected chi connectivity index (χ0v) is 11.7. The molecule has 0 bridgehead atoms. The highest BCUT2D eigenvalue weighted by atomic mass is 16.5. The van der Waals surface area contributed by atoms with Crippen molar-refractivity contribution >= 4 is 16.8 Å². The number of ether oxygens (including phenoxy) is 1. The molecule has 1 aromatic heterocycles. The van der Waals surface area contributed by atoms with E-state index in [4.69, 9.17) is 14.9 Å². The third-order valence-electron chi connectivity index (χ3n) is 3.11. The van der Waals surface area contributed by atoms with Crippen molar-refractivity contribution in [3.8, 4) is 0 Å². The van der Waals surface area contributed by atoms with Crippen LogP contribution in [0.25, 0.3) is 11.1 Å². The van der Waals surface area contributed by atoms with Crippen LogP contribution in [0.5, 0.6) is 0 Å². The molecular weight excluding hydrogens is 242 g/mol. The number of anilines is 1. The molecule has 104 valence electrons. The van der Waals surface area contributed by atoms with E-state index >= 15 is 0 Å². The van der Waals surface area contributed by atoms with Gasteiger partial charge in [0.05, 0.1) is 13.2 Å². The normalized spacial score (nSPS) is 11.8. The highest BCUT2D eigenvalue weighted by Crippen LogP contribution is 2.19. The molecule has 1 aromatic carbocycles. The standard InChI is InChI=1S/C14H21N3O2/c1-10(2)17(6-7-18-3)9-14-16-12-5-4-11(15)8-13(12)19-14/h4-5,8,10H,6-7,9,15H2,1-3H3. The van der Waals surface area contributed by atoms with E-state index in [9.17, 15) is 0 Å². The van der Waals surface area contributed by atoms with Crippen LogP contribution in [0.2, 0.25) is 0 Å². The molecule has 0 saturated carbocycles. The molecule has 0 spiro atoms. The first-order valence-corrected chi connectivity index (χ1v) is 6.48. The number of nitrogens with zero attached hydrogens (tertiary/aromatic N) is 2. The van der Waals surface area contributed by atoms with Crippen molar-refractivity contribution in [3.63, 3.8) is 0 Å². The number of oxazole rings is 1. The van der Waals surface area contributed by atoms with E-state index in [1.54, 1.807) is 13.2 Å². The molecule has 0 aliphatic carbocycles. The number of methoxy groups -OCH3 is 1. The summed E-state index contributed by atoms with van der Waals surface area (Å²) in [6.07, 6.45) is 0. The van der Waals surface area contributed by atoms with E-state index in [-0.39, 0.29) is 0 Å². The van der Waals surface area contributed by atoms with Gasteiger partial charge in [0.15, 0.2) is 5.58 Å². The number of fused-ring (bicyclic) bond motifs is 1. The molecule has 0 radical (unpaired) electrons. The fourth-order valence-electron chi connectivity index (χ4n) is 1.96. The summed E-state index contributed by atoms with van der Waals surface area (Å²) in [5, 5.41) is 0. The van der Waals surface area contributed by atoms with Crippen LogP contribution in [-0.2, 0) is 11.3 Å². The zero-order chi connectivity index (χ0) is 13.8. The van der Waals surface area contributed by atoms with Crippen LogP contribution >= 0.6 is 0 Å². The molecule has 0 aliphatic rings. The Balaban J connectivity index is 2.14. The summed E-state index contributed by atoms with van der Waals surface area (Å²) < 4.78 is 10.9. The molecule has 0 aliphatic heterocycles. The Morgan fingerprint density at radius 1 is 1.42 bits per heavy atom. The van der Waals surface area contributed by atoms with Crippen LogP contribution in [0.15, 0.2) is 22.6 Å². The number of aromatic nitrogens is 1. The molecule has 1 heterocycles. The average molecular weight is 263 g/mol. The van der Waals surface area contributed by atoms with Crippen LogP contribution < -0.4 is 5.73 Å². The Labute approximate surface area is 113 Å². The monoisotopic (exact) mass is 263 g/mol. The van der Waals surface area contributed by atoms with Crippen molar-refractivity contribution in [2.45, 2.75) is 26.4 Å². The van der Waals surface area contributed by atoms with E-state index in [1.165, 1.54) is 0 Å². The van der Waals surface area contributed by atoms with Gasteiger partial charge in [-0.1, -0.05) is 0 Å². The molecule has 5 heteroatoms. The Hall–Kier alpha value is -1.59. The van der Waals surface area contributed by atoms with Gasteiger partial charge in [-0.05, 0) is 26.0 Å². The molecule has 0 saturated heterocycles. The average Bonchev–Trinajstić information content (AvgIpc) is 2.75. The first kappa shape index (κ1) is 13.8. The second-order valence-electron chi connectivity index (χ2n) is 4.89. The van der Waals surface area contributed by atoms with Gasteiger partial charge in [-0.3, -0.25) is 4.90 Å². The smallest absolute Gasteiger partial charge is 0.209 e. The predicted octanol–water partition coefficient (Wildman–Crippen LogP) is 2.27. The first-order chi connectivity index (χ1) is 9.10. The fraction of sp³-hybridized carbons (Fsp3) is 0.500. The van der Waals surface area contributed by atoms with E-state index < -0.39 is 0 Å². The van der Waals surface area contributed by atoms with Crippen molar-refractivity contribution in [2.75, 3.05) is 26.0 Å². The molecule has 2 aromatic rings. The van der Waals surface area contributed by atoms with Crippen molar-refractivity contribution in [3.05, 3.63) is 24.1 Å². The summed E-state index contributed by atoms with van der Waals surface area (Å²) in [4.78, 5) is 6.74. The predicted molar refractivity (Wildman–Crippen MR) is 75.8 cm³/mol. The number of benzene rings is 1. The molecule has 0 amide bonds. The molecular formula is C14H21N3O2. The Morgan fingerprint density at radius 3 is 2.89 bits per heavy atom. The van der Waals surface area contributed by atoms with Crippen LogP contribution in [0, 0.1) is 0 Å². The zero-order valence-electron chi connectivity index (χ0n) is 11.7. The van der Waals surface area contributed by atoms with Crippen LogP contribution in [0.1, 0.15) is 19.7 Å². The summed E-state index contributed by atoms with van der Waals surface area (Å²) in [6.45, 7) is 6.53. The third-order valence-corrected chi connectivity index (χ3v) is 3.11. The Bertz CT molecular complexity index is 536.